The van der Waals surface area contributed by atoms with Gasteiger partial charge in [0.05, 0.1) is 11.4 Å². The van der Waals surface area contributed by atoms with Crippen molar-refractivity contribution in [3.63, 3.8) is 0 Å². The second-order valence-corrected chi connectivity index (χ2v) is 5.31. The Labute approximate surface area is 134 Å². The molecule has 116 valence electrons. The molecule has 0 atom stereocenters. The van der Waals surface area contributed by atoms with Gasteiger partial charge in [-0.1, -0.05) is 18.2 Å². The molecule has 2 N–H and O–H groups in total. The van der Waals surface area contributed by atoms with Gasteiger partial charge >= 0.3 is 5.91 Å². The Morgan fingerprint density at radius 3 is 2.30 bits per heavy atom. The number of hydrazone groups is 1. The number of benzene rings is 2. The second-order valence-electron chi connectivity index (χ2n) is 5.31. The van der Waals surface area contributed by atoms with Crippen LogP contribution in [0.4, 0.5) is 17.1 Å². The van der Waals surface area contributed by atoms with Crippen molar-refractivity contribution in [1.82, 2.24) is 0 Å². The van der Waals surface area contributed by atoms with E-state index in [1.807, 2.05) is 61.5 Å². The molecule has 1 aliphatic rings. The zero-order chi connectivity index (χ0) is 16.4. The first-order valence-electron chi connectivity index (χ1n) is 7.16. The fourth-order valence-electron chi connectivity index (χ4n) is 2.21. The maximum absolute atomic E-state index is 12.5. The molecule has 1 heterocycles. The summed E-state index contributed by atoms with van der Waals surface area (Å²) in [4.78, 5) is 18.8. The van der Waals surface area contributed by atoms with Gasteiger partial charge in [-0.3, -0.25) is 4.79 Å². The first-order chi connectivity index (χ1) is 11.1. The van der Waals surface area contributed by atoms with Crippen LogP contribution in [0.5, 0.6) is 0 Å². The number of hydrogen-bond acceptors (Lipinski definition) is 5. The number of amides is 1. The van der Waals surface area contributed by atoms with Crippen molar-refractivity contribution >= 4 is 34.5 Å². The summed E-state index contributed by atoms with van der Waals surface area (Å²) in [6.07, 6.45) is 0. The van der Waals surface area contributed by atoms with Gasteiger partial charge < -0.3 is 10.6 Å². The fraction of sp³-hybridized carbons (Fsp3) is 0.118. The summed E-state index contributed by atoms with van der Waals surface area (Å²) in [5, 5.41) is 5.37. The number of carbonyl (C=O) groups excluding carboxylic acids is 1. The Bertz CT molecular complexity index is 778. The van der Waals surface area contributed by atoms with Gasteiger partial charge in [0, 0.05) is 19.8 Å². The Morgan fingerprint density at radius 1 is 1.04 bits per heavy atom. The molecule has 0 spiro atoms. The molecule has 3 rings (SSSR count). The zero-order valence-corrected chi connectivity index (χ0v) is 13.0. The van der Waals surface area contributed by atoms with E-state index < -0.39 is 0 Å². The Morgan fingerprint density at radius 2 is 1.70 bits per heavy atom. The van der Waals surface area contributed by atoms with Crippen LogP contribution in [0.15, 0.2) is 64.7 Å². The van der Waals surface area contributed by atoms with E-state index in [4.69, 9.17) is 5.73 Å². The van der Waals surface area contributed by atoms with Gasteiger partial charge in [0.1, 0.15) is 0 Å². The fourth-order valence-corrected chi connectivity index (χ4v) is 2.21. The average Bonchev–Trinajstić information content (AvgIpc) is 2.84. The monoisotopic (exact) mass is 307 g/mol. The van der Waals surface area contributed by atoms with Crippen molar-refractivity contribution in [2.45, 2.75) is 0 Å². The van der Waals surface area contributed by atoms with Crippen LogP contribution in [0.1, 0.15) is 0 Å². The van der Waals surface area contributed by atoms with E-state index in [0.717, 1.165) is 5.69 Å². The third-order valence-electron chi connectivity index (χ3n) is 3.45. The quantitative estimate of drug-likeness (QED) is 0.944. The average molecular weight is 307 g/mol. The summed E-state index contributed by atoms with van der Waals surface area (Å²) >= 11 is 0. The van der Waals surface area contributed by atoms with Gasteiger partial charge in [0.2, 0.25) is 0 Å². The molecule has 6 nitrogen and oxygen atoms in total. The third kappa shape index (κ3) is 2.91. The van der Waals surface area contributed by atoms with Crippen molar-refractivity contribution in [3.8, 4) is 0 Å². The van der Waals surface area contributed by atoms with Crippen molar-refractivity contribution in [2.75, 3.05) is 24.0 Å². The minimum atomic E-state index is -0.328. The highest BCUT2D eigenvalue weighted by atomic mass is 16.2. The Kier molecular flexibility index (Phi) is 3.80. The number of aliphatic imine (C=N–C) groups is 1. The first kappa shape index (κ1) is 14.8. The first-order valence-corrected chi connectivity index (χ1v) is 7.16. The van der Waals surface area contributed by atoms with E-state index in [-0.39, 0.29) is 17.5 Å². The Balaban J connectivity index is 1.89. The van der Waals surface area contributed by atoms with E-state index in [1.54, 1.807) is 12.1 Å². The highest BCUT2D eigenvalue weighted by molar-refractivity contribution is 6.71. The molecule has 6 heteroatoms. The second kappa shape index (κ2) is 5.92. The lowest BCUT2D eigenvalue weighted by Crippen LogP contribution is -2.29. The van der Waals surface area contributed by atoms with E-state index in [2.05, 4.69) is 10.1 Å². The van der Waals surface area contributed by atoms with E-state index in [1.165, 1.54) is 5.01 Å². The SMILES string of the molecule is CN(C)c1ccc(N=C2C(=O)N(c3ccccc3)N=C2N)cc1. The number of amidine groups is 1. The van der Waals surface area contributed by atoms with Crippen LogP contribution in [-0.4, -0.2) is 31.5 Å². The molecule has 0 fully saturated rings. The molecule has 1 aliphatic heterocycles. The topological polar surface area (TPSA) is 74.3 Å². The van der Waals surface area contributed by atoms with Crippen LogP contribution in [0.2, 0.25) is 0 Å². The maximum Gasteiger partial charge on any atom is 0.301 e. The standard InChI is InChI=1S/C17H17N5O/c1-21(2)13-10-8-12(9-11-13)19-15-16(18)20-22(17(15)23)14-6-4-3-5-7-14/h3-11H,1-2H3,(H2,18,20). The van der Waals surface area contributed by atoms with Gasteiger partial charge in [0.15, 0.2) is 11.5 Å². The van der Waals surface area contributed by atoms with Crippen LogP contribution in [-0.2, 0) is 4.79 Å². The summed E-state index contributed by atoms with van der Waals surface area (Å²) in [6.45, 7) is 0. The van der Waals surface area contributed by atoms with Crippen molar-refractivity contribution in [1.29, 1.82) is 0 Å². The lowest BCUT2D eigenvalue weighted by molar-refractivity contribution is -0.112. The van der Waals surface area contributed by atoms with E-state index in [0.29, 0.717) is 11.4 Å². The number of anilines is 2. The number of rotatable bonds is 3. The van der Waals surface area contributed by atoms with Crippen LogP contribution >= 0.6 is 0 Å². The lowest BCUT2D eigenvalue weighted by Gasteiger charge is -2.12. The van der Waals surface area contributed by atoms with Gasteiger partial charge in [0.25, 0.3) is 0 Å². The number of carbonyl (C=O) groups is 1. The largest absolute Gasteiger partial charge is 0.380 e. The van der Waals surface area contributed by atoms with Crippen LogP contribution < -0.4 is 15.6 Å². The predicted molar refractivity (Wildman–Crippen MR) is 93.4 cm³/mol. The van der Waals surface area contributed by atoms with Crippen LogP contribution in [0.25, 0.3) is 0 Å². The minimum Gasteiger partial charge on any atom is -0.380 e. The molecule has 0 aromatic heterocycles. The van der Waals surface area contributed by atoms with Gasteiger partial charge in [-0.15, -0.1) is 5.10 Å². The molecule has 0 aliphatic carbocycles. The van der Waals surface area contributed by atoms with Crippen LogP contribution in [0.3, 0.4) is 0 Å². The molecule has 1 amide bonds. The highest BCUT2D eigenvalue weighted by Gasteiger charge is 2.31. The molecule has 2 aromatic carbocycles. The summed E-state index contributed by atoms with van der Waals surface area (Å²) in [5.41, 5.74) is 8.41. The number of para-hydroxylation sites is 1. The number of hydrogen-bond donors (Lipinski definition) is 1. The summed E-state index contributed by atoms with van der Waals surface area (Å²) in [5.74, 6) is -0.207. The summed E-state index contributed by atoms with van der Waals surface area (Å²) in [6, 6.07) is 16.7. The maximum atomic E-state index is 12.5. The molecular formula is C17H17N5O. The zero-order valence-electron chi connectivity index (χ0n) is 13.0. The van der Waals surface area contributed by atoms with Gasteiger partial charge in [-0.2, -0.15) is 5.01 Å². The Hall–Kier alpha value is -3.15. The number of nitrogens with two attached hydrogens (primary N) is 1. The van der Waals surface area contributed by atoms with E-state index in [9.17, 15) is 4.79 Å². The van der Waals surface area contributed by atoms with Crippen LogP contribution in [0, 0.1) is 0 Å². The molecule has 0 unspecified atom stereocenters. The normalized spacial score (nSPS) is 15.9. The summed E-state index contributed by atoms with van der Waals surface area (Å²) < 4.78 is 0. The van der Waals surface area contributed by atoms with Crippen molar-refractivity contribution < 1.29 is 4.79 Å². The third-order valence-corrected chi connectivity index (χ3v) is 3.45. The lowest BCUT2D eigenvalue weighted by atomic mass is 10.2. The van der Waals surface area contributed by atoms with E-state index >= 15 is 0 Å². The van der Waals surface area contributed by atoms with Gasteiger partial charge in [-0.25, -0.2) is 4.99 Å². The molecule has 23 heavy (non-hydrogen) atoms. The molecular weight excluding hydrogens is 290 g/mol. The molecule has 0 radical (unpaired) electrons. The molecule has 0 saturated carbocycles. The summed E-state index contributed by atoms with van der Waals surface area (Å²) in [7, 11) is 3.92. The molecule has 0 saturated heterocycles. The van der Waals surface area contributed by atoms with Crippen molar-refractivity contribution in [2.24, 2.45) is 15.8 Å². The van der Waals surface area contributed by atoms with Crippen molar-refractivity contribution in [3.05, 3.63) is 54.6 Å². The predicted octanol–water partition coefficient (Wildman–Crippen LogP) is 2.14. The number of nitrogens with zero attached hydrogens (tertiary/aromatic N) is 4. The molecule has 2 aromatic rings. The molecule has 0 bridgehead atoms. The van der Waals surface area contributed by atoms with Gasteiger partial charge in [-0.05, 0) is 36.4 Å². The minimum absolute atomic E-state index is 0.121. The smallest absolute Gasteiger partial charge is 0.301 e. The highest BCUT2D eigenvalue weighted by Crippen LogP contribution is 2.22.